The molecule has 0 saturated carbocycles. The first-order valence-electron chi connectivity index (χ1n) is 5.79. The average Bonchev–Trinajstić information content (AvgIpc) is 2.23. The zero-order chi connectivity index (χ0) is 12.0. The molecule has 0 bridgehead atoms. The van der Waals surface area contributed by atoms with E-state index in [0.29, 0.717) is 12.6 Å². The van der Waals surface area contributed by atoms with Crippen LogP contribution in [0.5, 0.6) is 0 Å². The van der Waals surface area contributed by atoms with Gasteiger partial charge in [-0.25, -0.2) is 0 Å². The zero-order valence-electron chi connectivity index (χ0n) is 10.4. The third kappa shape index (κ3) is 3.74. The van der Waals surface area contributed by atoms with Crippen LogP contribution in [0.3, 0.4) is 0 Å². The van der Waals surface area contributed by atoms with Gasteiger partial charge in [-0.15, -0.1) is 0 Å². The number of nitrogen functional groups attached to an aromatic ring is 1. The highest BCUT2D eigenvalue weighted by atomic mass is 16.5. The van der Waals surface area contributed by atoms with E-state index in [9.17, 15) is 0 Å². The van der Waals surface area contributed by atoms with Gasteiger partial charge in [0.2, 0.25) is 0 Å². The van der Waals surface area contributed by atoms with Gasteiger partial charge in [-0.2, -0.15) is 0 Å². The van der Waals surface area contributed by atoms with Crippen LogP contribution in [0.25, 0.3) is 0 Å². The predicted molar refractivity (Wildman–Crippen MR) is 69.8 cm³/mol. The van der Waals surface area contributed by atoms with Gasteiger partial charge in [0, 0.05) is 13.2 Å². The second kappa shape index (κ2) is 6.38. The van der Waals surface area contributed by atoms with Crippen LogP contribution in [0.2, 0.25) is 0 Å². The van der Waals surface area contributed by atoms with Gasteiger partial charge in [0.1, 0.15) is 0 Å². The molecule has 0 aliphatic rings. The molecule has 3 heteroatoms. The molecule has 1 unspecified atom stereocenters. The summed E-state index contributed by atoms with van der Waals surface area (Å²) in [6.07, 6.45) is 2.22. The molecular formula is C13H22N2O. The maximum atomic E-state index is 5.96. The number of aryl methyl sites for hydroxylation is 1. The SMILES string of the molecule is CCCC(COC)Nc1ccc(C)cc1N. The molecule has 0 aliphatic heterocycles. The molecule has 90 valence electrons. The molecular weight excluding hydrogens is 200 g/mol. The fourth-order valence-corrected chi connectivity index (χ4v) is 1.78. The summed E-state index contributed by atoms with van der Waals surface area (Å²) in [5.41, 5.74) is 8.94. The molecule has 0 aliphatic carbocycles. The van der Waals surface area contributed by atoms with Crippen molar-refractivity contribution in [3.05, 3.63) is 23.8 Å². The van der Waals surface area contributed by atoms with Crippen LogP contribution in [-0.4, -0.2) is 19.8 Å². The summed E-state index contributed by atoms with van der Waals surface area (Å²) in [5, 5.41) is 3.43. The van der Waals surface area contributed by atoms with Gasteiger partial charge >= 0.3 is 0 Å². The van der Waals surface area contributed by atoms with Crippen LogP contribution < -0.4 is 11.1 Å². The van der Waals surface area contributed by atoms with Gasteiger partial charge in [-0.05, 0) is 31.0 Å². The Morgan fingerprint density at radius 1 is 1.44 bits per heavy atom. The number of anilines is 2. The highest BCUT2D eigenvalue weighted by Gasteiger charge is 2.08. The fraction of sp³-hybridized carbons (Fsp3) is 0.538. The Hall–Kier alpha value is -1.22. The summed E-state index contributed by atoms with van der Waals surface area (Å²) in [5.74, 6) is 0. The van der Waals surface area contributed by atoms with Crippen LogP contribution in [0, 0.1) is 6.92 Å². The Balaban J connectivity index is 2.68. The standard InChI is InChI=1S/C13H22N2O/c1-4-5-11(9-16-3)15-13-7-6-10(2)8-12(13)14/h6-8,11,15H,4-5,9,14H2,1-3H3. The summed E-state index contributed by atoms with van der Waals surface area (Å²) < 4.78 is 5.19. The van der Waals surface area contributed by atoms with Crippen molar-refractivity contribution in [1.82, 2.24) is 0 Å². The summed E-state index contributed by atoms with van der Waals surface area (Å²) in [4.78, 5) is 0. The Bertz CT molecular complexity index is 320. The number of ether oxygens (including phenoxy) is 1. The maximum Gasteiger partial charge on any atom is 0.0664 e. The van der Waals surface area contributed by atoms with Crippen LogP contribution in [-0.2, 0) is 4.74 Å². The van der Waals surface area contributed by atoms with Crippen molar-refractivity contribution in [3.8, 4) is 0 Å². The lowest BCUT2D eigenvalue weighted by molar-refractivity contribution is 0.182. The lowest BCUT2D eigenvalue weighted by Crippen LogP contribution is -2.25. The first-order valence-corrected chi connectivity index (χ1v) is 5.79. The normalized spacial score (nSPS) is 12.4. The van der Waals surface area contributed by atoms with Gasteiger partial charge in [0.15, 0.2) is 0 Å². The quantitative estimate of drug-likeness (QED) is 0.728. The van der Waals surface area contributed by atoms with Crippen molar-refractivity contribution in [2.75, 3.05) is 24.8 Å². The van der Waals surface area contributed by atoms with E-state index in [1.54, 1.807) is 7.11 Å². The number of methoxy groups -OCH3 is 1. The highest BCUT2D eigenvalue weighted by Crippen LogP contribution is 2.21. The number of hydrogen-bond donors (Lipinski definition) is 2. The average molecular weight is 222 g/mol. The van der Waals surface area contributed by atoms with Crippen LogP contribution in [0.15, 0.2) is 18.2 Å². The van der Waals surface area contributed by atoms with E-state index in [1.807, 2.05) is 19.1 Å². The molecule has 1 aromatic rings. The minimum atomic E-state index is 0.333. The number of hydrogen-bond acceptors (Lipinski definition) is 3. The molecule has 0 saturated heterocycles. The third-order valence-electron chi connectivity index (χ3n) is 2.57. The maximum absolute atomic E-state index is 5.96. The van der Waals surface area contributed by atoms with Crippen LogP contribution in [0.4, 0.5) is 11.4 Å². The highest BCUT2D eigenvalue weighted by molar-refractivity contribution is 5.67. The topological polar surface area (TPSA) is 47.3 Å². The van der Waals surface area contributed by atoms with E-state index in [-0.39, 0.29) is 0 Å². The Morgan fingerprint density at radius 2 is 2.19 bits per heavy atom. The first-order chi connectivity index (χ1) is 7.67. The van der Waals surface area contributed by atoms with Gasteiger partial charge < -0.3 is 15.8 Å². The molecule has 0 heterocycles. The van der Waals surface area contributed by atoms with Gasteiger partial charge in [-0.1, -0.05) is 19.4 Å². The minimum Gasteiger partial charge on any atom is -0.397 e. The second-order valence-electron chi connectivity index (χ2n) is 4.18. The van der Waals surface area contributed by atoms with Gasteiger partial charge in [0.05, 0.1) is 18.0 Å². The smallest absolute Gasteiger partial charge is 0.0664 e. The number of nitrogens with one attached hydrogen (secondary N) is 1. The van der Waals surface area contributed by atoms with E-state index in [1.165, 1.54) is 5.56 Å². The van der Waals surface area contributed by atoms with Crippen LogP contribution >= 0.6 is 0 Å². The summed E-state index contributed by atoms with van der Waals surface area (Å²) >= 11 is 0. The van der Waals surface area contributed by atoms with Crippen molar-refractivity contribution in [1.29, 1.82) is 0 Å². The fourth-order valence-electron chi connectivity index (χ4n) is 1.78. The molecule has 3 nitrogen and oxygen atoms in total. The molecule has 16 heavy (non-hydrogen) atoms. The largest absolute Gasteiger partial charge is 0.397 e. The second-order valence-corrected chi connectivity index (χ2v) is 4.18. The molecule has 0 fully saturated rings. The predicted octanol–water partition coefficient (Wildman–Crippen LogP) is 2.80. The monoisotopic (exact) mass is 222 g/mol. The van der Waals surface area contributed by atoms with E-state index in [4.69, 9.17) is 10.5 Å². The van der Waals surface area contributed by atoms with E-state index in [0.717, 1.165) is 24.2 Å². The first kappa shape index (κ1) is 12.8. The van der Waals surface area contributed by atoms with E-state index >= 15 is 0 Å². The van der Waals surface area contributed by atoms with Crippen molar-refractivity contribution in [2.45, 2.75) is 32.7 Å². The minimum absolute atomic E-state index is 0.333. The van der Waals surface area contributed by atoms with Crippen molar-refractivity contribution < 1.29 is 4.74 Å². The summed E-state index contributed by atoms with van der Waals surface area (Å²) in [6.45, 7) is 4.92. The number of nitrogens with two attached hydrogens (primary N) is 1. The van der Waals surface area contributed by atoms with Crippen molar-refractivity contribution >= 4 is 11.4 Å². The molecule has 1 atom stereocenters. The lowest BCUT2D eigenvalue weighted by Gasteiger charge is -2.19. The summed E-state index contributed by atoms with van der Waals surface area (Å²) in [6, 6.07) is 6.41. The van der Waals surface area contributed by atoms with Gasteiger partial charge in [-0.3, -0.25) is 0 Å². The molecule has 1 rings (SSSR count). The zero-order valence-corrected chi connectivity index (χ0v) is 10.4. The van der Waals surface area contributed by atoms with Crippen molar-refractivity contribution in [2.24, 2.45) is 0 Å². The van der Waals surface area contributed by atoms with E-state index < -0.39 is 0 Å². The Morgan fingerprint density at radius 3 is 2.75 bits per heavy atom. The lowest BCUT2D eigenvalue weighted by atomic mass is 10.1. The molecule has 0 radical (unpaired) electrons. The van der Waals surface area contributed by atoms with Crippen LogP contribution in [0.1, 0.15) is 25.3 Å². The van der Waals surface area contributed by atoms with E-state index in [2.05, 4.69) is 18.3 Å². The molecule has 1 aromatic carbocycles. The number of benzene rings is 1. The molecule has 0 spiro atoms. The Labute approximate surface area is 98.0 Å². The van der Waals surface area contributed by atoms with Gasteiger partial charge in [0.25, 0.3) is 0 Å². The van der Waals surface area contributed by atoms with Crippen molar-refractivity contribution in [3.63, 3.8) is 0 Å². The number of rotatable bonds is 6. The summed E-state index contributed by atoms with van der Waals surface area (Å²) in [7, 11) is 1.73. The molecule has 0 amide bonds. The molecule has 0 aromatic heterocycles. The Kier molecular flexibility index (Phi) is 5.12. The molecule has 3 N–H and O–H groups in total. The third-order valence-corrected chi connectivity index (χ3v) is 2.57.